The molecule has 0 saturated heterocycles. The number of fused-ring (bicyclic) bond motifs is 1. The summed E-state index contributed by atoms with van der Waals surface area (Å²) in [6.45, 7) is 1.07. The largest absolute Gasteiger partial charge is 0.416 e. The quantitative estimate of drug-likeness (QED) is 0.724. The molecule has 2 rings (SSSR count). The van der Waals surface area contributed by atoms with Crippen LogP contribution in [-0.2, 0) is 11.0 Å². The van der Waals surface area contributed by atoms with Gasteiger partial charge in [-0.2, -0.15) is 13.2 Å². The van der Waals surface area contributed by atoms with Crippen LogP contribution in [-0.4, -0.2) is 17.3 Å². The van der Waals surface area contributed by atoms with Gasteiger partial charge in [-0.1, -0.05) is 6.07 Å². The number of hydrogen-bond donors (Lipinski definition) is 0. The molecule has 0 N–H and O–H groups in total. The third-order valence-corrected chi connectivity index (χ3v) is 2.81. The Balaban J connectivity index is 2.57. The molecule has 1 aromatic carbocycles. The fourth-order valence-electron chi connectivity index (χ4n) is 1.94. The number of halogens is 3. The number of carbonyl (C=O) groups is 3. The molecule has 0 amide bonds. The molecule has 1 aromatic rings. The van der Waals surface area contributed by atoms with Gasteiger partial charge in [0.05, 0.1) is 5.56 Å². The minimum atomic E-state index is -4.59. The highest BCUT2D eigenvalue weighted by Gasteiger charge is 2.43. The normalized spacial score (nSPS) is 19.0. The summed E-state index contributed by atoms with van der Waals surface area (Å²) >= 11 is 0. The first-order valence-corrected chi connectivity index (χ1v) is 5.03. The Bertz CT molecular complexity index is 572. The standard InChI is InChI=1S/C12H7F3O3/c1-5(16)9-10(17)7-3-2-6(12(13,14)15)4-8(7)11(9)18/h2-4,9H,1H3. The van der Waals surface area contributed by atoms with E-state index in [-0.39, 0.29) is 11.1 Å². The van der Waals surface area contributed by atoms with E-state index in [1.54, 1.807) is 0 Å². The van der Waals surface area contributed by atoms with Gasteiger partial charge in [-0.15, -0.1) is 0 Å². The molecule has 0 saturated carbocycles. The molecule has 1 unspecified atom stereocenters. The van der Waals surface area contributed by atoms with Crippen LogP contribution in [0.4, 0.5) is 13.2 Å². The summed E-state index contributed by atoms with van der Waals surface area (Å²) in [6, 6.07) is 2.30. The first-order chi connectivity index (χ1) is 8.23. The van der Waals surface area contributed by atoms with Crippen LogP contribution in [0.1, 0.15) is 33.2 Å². The van der Waals surface area contributed by atoms with Crippen molar-refractivity contribution in [1.29, 1.82) is 0 Å². The van der Waals surface area contributed by atoms with Crippen LogP contribution in [0.5, 0.6) is 0 Å². The first-order valence-electron chi connectivity index (χ1n) is 5.03. The fraction of sp³-hybridized carbons (Fsp3) is 0.250. The summed E-state index contributed by atoms with van der Waals surface area (Å²) in [5.74, 6) is -3.72. The smallest absolute Gasteiger partial charge is 0.299 e. The summed E-state index contributed by atoms with van der Waals surface area (Å²) in [7, 11) is 0. The fourth-order valence-corrected chi connectivity index (χ4v) is 1.94. The maximum absolute atomic E-state index is 12.5. The zero-order valence-electron chi connectivity index (χ0n) is 9.17. The van der Waals surface area contributed by atoms with E-state index in [2.05, 4.69) is 0 Å². The Morgan fingerprint density at radius 3 is 2.17 bits per heavy atom. The molecular formula is C12H7F3O3. The molecule has 0 spiro atoms. The molecule has 1 atom stereocenters. The van der Waals surface area contributed by atoms with E-state index in [1.807, 2.05) is 0 Å². The SMILES string of the molecule is CC(=O)C1C(=O)c2ccc(C(F)(F)F)cc2C1=O. The van der Waals surface area contributed by atoms with Crippen molar-refractivity contribution in [2.75, 3.05) is 0 Å². The summed E-state index contributed by atoms with van der Waals surface area (Å²) in [5.41, 5.74) is -1.45. The van der Waals surface area contributed by atoms with Crippen molar-refractivity contribution in [3.05, 3.63) is 34.9 Å². The van der Waals surface area contributed by atoms with Gasteiger partial charge in [0.2, 0.25) is 0 Å². The van der Waals surface area contributed by atoms with Crippen molar-refractivity contribution in [3.63, 3.8) is 0 Å². The molecule has 0 fully saturated rings. The summed E-state index contributed by atoms with van der Waals surface area (Å²) < 4.78 is 37.4. The lowest BCUT2D eigenvalue weighted by atomic mass is 10.00. The predicted molar refractivity (Wildman–Crippen MR) is 54.3 cm³/mol. The van der Waals surface area contributed by atoms with Gasteiger partial charge in [0.25, 0.3) is 0 Å². The highest BCUT2D eigenvalue weighted by molar-refractivity contribution is 6.35. The van der Waals surface area contributed by atoms with Gasteiger partial charge >= 0.3 is 6.18 Å². The average Bonchev–Trinajstić information content (AvgIpc) is 2.50. The van der Waals surface area contributed by atoms with Gasteiger partial charge in [0.1, 0.15) is 11.7 Å². The summed E-state index contributed by atoms with van der Waals surface area (Å²) in [4.78, 5) is 34.6. The molecule has 0 aliphatic heterocycles. The van der Waals surface area contributed by atoms with Gasteiger partial charge in [0, 0.05) is 11.1 Å². The second-order valence-electron chi connectivity index (χ2n) is 4.03. The van der Waals surface area contributed by atoms with Crippen LogP contribution in [0.3, 0.4) is 0 Å². The first kappa shape index (κ1) is 12.5. The molecule has 94 valence electrons. The van der Waals surface area contributed by atoms with Gasteiger partial charge in [-0.3, -0.25) is 14.4 Å². The van der Waals surface area contributed by atoms with Gasteiger partial charge in [0.15, 0.2) is 11.6 Å². The van der Waals surface area contributed by atoms with Crippen molar-refractivity contribution in [3.8, 4) is 0 Å². The summed E-state index contributed by atoms with van der Waals surface area (Å²) in [5, 5.41) is 0. The minimum absolute atomic E-state index is 0.117. The maximum atomic E-state index is 12.5. The van der Waals surface area contributed by atoms with Crippen molar-refractivity contribution in [2.45, 2.75) is 13.1 Å². The zero-order chi connectivity index (χ0) is 13.7. The van der Waals surface area contributed by atoms with Crippen LogP contribution in [0.2, 0.25) is 0 Å². The van der Waals surface area contributed by atoms with Crippen LogP contribution >= 0.6 is 0 Å². The Kier molecular flexibility index (Phi) is 2.61. The second-order valence-corrected chi connectivity index (χ2v) is 4.03. The maximum Gasteiger partial charge on any atom is 0.416 e. The number of ketones is 3. The number of Topliss-reactive ketones (excluding diaryl/α,β-unsaturated/α-hetero) is 3. The van der Waals surface area contributed by atoms with E-state index >= 15 is 0 Å². The van der Waals surface area contributed by atoms with Gasteiger partial charge in [-0.05, 0) is 19.1 Å². The number of carbonyl (C=O) groups excluding carboxylic acids is 3. The van der Waals surface area contributed by atoms with Crippen molar-refractivity contribution in [2.24, 2.45) is 5.92 Å². The van der Waals surface area contributed by atoms with Crippen molar-refractivity contribution >= 4 is 17.3 Å². The molecule has 0 radical (unpaired) electrons. The lowest BCUT2D eigenvalue weighted by Crippen LogP contribution is -2.22. The van der Waals surface area contributed by atoms with Crippen LogP contribution < -0.4 is 0 Å². The Hall–Kier alpha value is -1.98. The Morgan fingerprint density at radius 2 is 1.67 bits per heavy atom. The van der Waals surface area contributed by atoms with Crippen LogP contribution in [0.25, 0.3) is 0 Å². The zero-order valence-corrected chi connectivity index (χ0v) is 9.17. The third-order valence-electron chi connectivity index (χ3n) is 2.81. The highest BCUT2D eigenvalue weighted by atomic mass is 19.4. The number of hydrogen-bond acceptors (Lipinski definition) is 3. The molecule has 3 nitrogen and oxygen atoms in total. The minimum Gasteiger partial charge on any atom is -0.299 e. The van der Waals surface area contributed by atoms with E-state index in [9.17, 15) is 27.6 Å². The summed E-state index contributed by atoms with van der Waals surface area (Å²) in [6.07, 6.45) is -4.59. The Morgan fingerprint density at radius 1 is 1.11 bits per heavy atom. The number of rotatable bonds is 1. The molecular weight excluding hydrogens is 249 g/mol. The van der Waals surface area contributed by atoms with Crippen molar-refractivity contribution in [1.82, 2.24) is 0 Å². The van der Waals surface area contributed by atoms with E-state index < -0.39 is 35.0 Å². The number of benzene rings is 1. The molecule has 18 heavy (non-hydrogen) atoms. The molecule has 0 bridgehead atoms. The van der Waals surface area contributed by atoms with E-state index in [0.717, 1.165) is 19.1 Å². The van der Waals surface area contributed by atoms with Crippen LogP contribution in [0, 0.1) is 5.92 Å². The van der Waals surface area contributed by atoms with E-state index in [1.165, 1.54) is 0 Å². The lowest BCUT2D eigenvalue weighted by molar-refractivity contribution is -0.137. The molecule has 0 aromatic heterocycles. The van der Waals surface area contributed by atoms with Crippen LogP contribution in [0.15, 0.2) is 18.2 Å². The highest BCUT2D eigenvalue weighted by Crippen LogP contribution is 2.34. The second kappa shape index (κ2) is 3.76. The van der Waals surface area contributed by atoms with Gasteiger partial charge < -0.3 is 0 Å². The Labute approximate surface area is 99.6 Å². The topological polar surface area (TPSA) is 51.2 Å². The van der Waals surface area contributed by atoms with E-state index in [4.69, 9.17) is 0 Å². The van der Waals surface area contributed by atoms with Crippen molar-refractivity contribution < 1.29 is 27.6 Å². The molecule has 6 heteroatoms. The number of alkyl halides is 3. The molecule has 0 heterocycles. The van der Waals surface area contributed by atoms with E-state index in [0.29, 0.717) is 6.07 Å². The lowest BCUT2D eigenvalue weighted by Gasteiger charge is -2.07. The molecule has 1 aliphatic carbocycles. The predicted octanol–water partition coefficient (Wildman–Crippen LogP) is 2.29. The monoisotopic (exact) mass is 256 g/mol. The average molecular weight is 256 g/mol. The molecule has 1 aliphatic rings. The van der Waals surface area contributed by atoms with Gasteiger partial charge in [-0.25, -0.2) is 0 Å². The third kappa shape index (κ3) is 1.73.